The molecule has 1 saturated heterocycles. The summed E-state index contributed by atoms with van der Waals surface area (Å²) in [6, 6.07) is 9.22. The van der Waals surface area contributed by atoms with Gasteiger partial charge < -0.3 is 9.47 Å². The molecule has 0 bridgehead atoms. The number of carbonyl (C=O) groups is 2. The van der Waals surface area contributed by atoms with Crippen molar-refractivity contribution >= 4 is 22.8 Å². The highest BCUT2D eigenvalue weighted by molar-refractivity contribution is 6.10. The largest absolute Gasteiger partial charge is 0.422 e. The smallest absolute Gasteiger partial charge is 0.331 e. The third kappa shape index (κ3) is 2.27. The lowest BCUT2D eigenvalue weighted by Crippen LogP contribution is -2.56. The van der Waals surface area contributed by atoms with Gasteiger partial charge in [0.25, 0.3) is 5.79 Å². The summed E-state index contributed by atoms with van der Waals surface area (Å²) in [6.07, 6.45) is 0.258. The predicted molar refractivity (Wildman–Crippen MR) is 84.7 cm³/mol. The van der Waals surface area contributed by atoms with Crippen LogP contribution in [0.25, 0.3) is 10.9 Å². The number of ether oxygens (including phenoxy) is 2. The predicted octanol–water partition coefficient (Wildman–Crippen LogP) is 3.03. The van der Waals surface area contributed by atoms with Crippen LogP contribution in [0.5, 0.6) is 0 Å². The number of hydrogen-bond donors (Lipinski definition) is 0. The van der Waals surface area contributed by atoms with Gasteiger partial charge in [0.1, 0.15) is 0 Å². The first kappa shape index (κ1) is 15.5. The number of esters is 2. The minimum absolute atomic E-state index is 0.258. The van der Waals surface area contributed by atoms with Gasteiger partial charge in [0.15, 0.2) is 5.41 Å². The number of pyridine rings is 1. The highest BCUT2D eigenvalue weighted by Gasteiger charge is 2.57. The standard InChI is InChI=1S/C18H19NO4/c1-5-18(15(20)22-17(3,4)23-16(18)21)13-10-11(2)19-14-9-7-6-8-12(13)14/h6-10H,5H2,1-4H3. The van der Waals surface area contributed by atoms with Crippen molar-refractivity contribution in [3.8, 4) is 0 Å². The SMILES string of the molecule is CCC1(c2cc(C)nc3ccccc23)C(=O)OC(C)(C)OC1=O. The van der Waals surface area contributed by atoms with Crippen LogP contribution >= 0.6 is 0 Å². The minimum atomic E-state index is -1.46. The van der Waals surface area contributed by atoms with E-state index in [-0.39, 0.29) is 6.42 Å². The van der Waals surface area contributed by atoms with E-state index >= 15 is 0 Å². The lowest BCUT2D eigenvalue weighted by atomic mass is 9.75. The summed E-state index contributed by atoms with van der Waals surface area (Å²) in [4.78, 5) is 30.0. The van der Waals surface area contributed by atoms with E-state index in [0.29, 0.717) is 5.56 Å². The lowest BCUT2D eigenvalue weighted by molar-refractivity contribution is -0.243. The van der Waals surface area contributed by atoms with E-state index in [0.717, 1.165) is 16.6 Å². The molecular weight excluding hydrogens is 294 g/mol. The third-order valence-electron chi connectivity index (χ3n) is 4.21. The number of nitrogens with zero attached hydrogens (tertiary/aromatic N) is 1. The fourth-order valence-electron chi connectivity index (χ4n) is 3.08. The van der Waals surface area contributed by atoms with Crippen LogP contribution in [0.4, 0.5) is 0 Å². The summed E-state index contributed by atoms with van der Waals surface area (Å²) in [6.45, 7) is 6.73. The summed E-state index contributed by atoms with van der Waals surface area (Å²) >= 11 is 0. The number of carbonyl (C=O) groups excluding carboxylic acids is 2. The molecule has 0 spiro atoms. The molecule has 1 fully saturated rings. The normalized spacial score (nSPS) is 19.3. The van der Waals surface area contributed by atoms with Crippen LogP contribution in [0, 0.1) is 6.92 Å². The monoisotopic (exact) mass is 313 g/mol. The maximum Gasteiger partial charge on any atom is 0.331 e. The van der Waals surface area contributed by atoms with E-state index in [1.807, 2.05) is 31.2 Å². The van der Waals surface area contributed by atoms with Crippen LogP contribution in [-0.2, 0) is 24.5 Å². The molecule has 0 radical (unpaired) electrons. The van der Waals surface area contributed by atoms with Crippen molar-refractivity contribution in [1.29, 1.82) is 0 Å². The Labute approximate surface area is 134 Å². The van der Waals surface area contributed by atoms with Crippen molar-refractivity contribution < 1.29 is 19.1 Å². The average molecular weight is 313 g/mol. The molecule has 1 aromatic carbocycles. The number of aromatic nitrogens is 1. The van der Waals surface area contributed by atoms with Crippen molar-refractivity contribution in [1.82, 2.24) is 4.98 Å². The lowest BCUT2D eigenvalue weighted by Gasteiger charge is -2.40. The van der Waals surface area contributed by atoms with Gasteiger partial charge >= 0.3 is 11.9 Å². The quantitative estimate of drug-likeness (QED) is 0.630. The summed E-state index contributed by atoms with van der Waals surface area (Å²) in [7, 11) is 0. The van der Waals surface area contributed by atoms with Crippen LogP contribution in [0.15, 0.2) is 30.3 Å². The Morgan fingerprint density at radius 1 is 1.09 bits per heavy atom. The Hall–Kier alpha value is -2.43. The number of para-hydroxylation sites is 1. The van der Waals surface area contributed by atoms with Gasteiger partial charge in [-0.3, -0.25) is 14.6 Å². The molecule has 2 aromatic rings. The fraction of sp³-hybridized carbons (Fsp3) is 0.389. The molecule has 0 saturated carbocycles. The molecule has 1 aliphatic rings. The zero-order valence-corrected chi connectivity index (χ0v) is 13.7. The third-order valence-corrected chi connectivity index (χ3v) is 4.21. The van der Waals surface area contributed by atoms with Gasteiger partial charge in [-0.2, -0.15) is 0 Å². The maximum absolute atomic E-state index is 12.8. The van der Waals surface area contributed by atoms with E-state index in [1.165, 1.54) is 0 Å². The van der Waals surface area contributed by atoms with Crippen LogP contribution in [0.2, 0.25) is 0 Å². The highest BCUT2D eigenvalue weighted by Crippen LogP contribution is 2.41. The van der Waals surface area contributed by atoms with E-state index in [4.69, 9.17) is 9.47 Å². The first-order chi connectivity index (χ1) is 10.8. The molecule has 0 aliphatic carbocycles. The molecular formula is C18H19NO4. The second-order valence-electron chi connectivity index (χ2n) is 6.27. The molecule has 23 heavy (non-hydrogen) atoms. The minimum Gasteiger partial charge on any atom is -0.422 e. The molecule has 0 amide bonds. The molecule has 3 rings (SSSR count). The Bertz CT molecular complexity index is 790. The molecule has 2 heterocycles. The maximum atomic E-state index is 12.8. The van der Waals surface area contributed by atoms with Crippen LogP contribution < -0.4 is 0 Å². The van der Waals surface area contributed by atoms with Gasteiger partial charge in [0.2, 0.25) is 0 Å². The zero-order valence-electron chi connectivity index (χ0n) is 13.7. The van der Waals surface area contributed by atoms with Gasteiger partial charge in [-0.15, -0.1) is 0 Å². The molecule has 5 nitrogen and oxygen atoms in total. The van der Waals surface area contributed by atoms with Crippen LogP contribution in [-0.4, -0.2) is 22.7 Å². The summed E-state index contributed by atoms with van der Waals surface area (Å²) in [5.41, 5.74) is 0.606. The van der Waals surface area contributed by atoms with E-state index in [1.54, 1.807) is 26.8 Å². The molecule has 1 aromatic heterocycles. The first-order valence-electron chi connectivity index (χ1n) is 7.64. The fourth-order valence-corrected chi connectivity index (χ4v) is 3.08. The first-order valence-corrected chi connectivity index (χ1v) is 7.64. The number of benzene rings is 1. The van der Waals surface area contributed by atoms with Gasteiger partial charge in [-0.25, -0.2) is 0 Å². The topological polar surface area (TPSA) is 65.5 Å². The number of fused-ring (bicyclic) bond motifs is 1. The highest BCUT2D eigenvalue weighted by atomic mass is 16.7. The van der Waals surface area contributed by atoms with Gasteiger partial charge in [0.05, 0.1) is 5.52 Å². The number of cyclic esters (lactones) is 2. The Kier molecular flexibility index (Phi) is 3.39. The number of aryl methyl sites for hydroxylation is 1. The Balaban J connectivity index is 2.30. The van der Waals surface area contributed by atoms with E-state index in [2.05, 4.69) is 4.98 Å². The second-order valence-corrected chi connectivity index (χ2v) is 6.27. The summed E-state index contributed by atoms with van der Waals surface area (Å²) in [5.74, 6) is -2.39. The van der Waals surface area contributed by atoms with Crippen molar-refractivity contribution in [2.24, 2.45) is 0 Å². The van der Waals surface area contributed by atoms with Crippen molar-refractivity contribution in [3.05, 3.63) is 41.6 Å². The number of rotatable bonds is 2. The van der Waals surface area contributed by atoms with Gasteiger partial charge in [0, 0.05) is 24.9 Å². The van der Waals surface area contributed by atoms with Crippen LogP contribution in [0.3, 0.4) is 0 Å². The summed E-state index contributed by atoms with van der Waals surface area (Å²) < 4.78 is 10.8. The second kappa shape index (κ2) is 5.05. The van der Waals surface area contributed by atoms with E-state index < -0.39 is 23.1 Å². The zero-order chi connectivity index (χ0) is 16.8. The summed E-state index contributed by atoms with van der Waals surface area (Å²) in [5, 5.41) is 0.758. The number of hydrogen-bond acceptors (Lipinski definition) is 5. The van der Waals surface area contributed by atoms with Crippen LogP contribution in [0.1, 0.15) is 38.4 Å². The van der Waals surface area contributed by atoms with Gasteiger partial charge in [-0.05, 0) is 31.0 Å². The van der Waals surface area contributed by atoms with E-state index in [9.17, 15) is 9.59 Å². The van der Waals surface area contributed by atoms with Gasteiger partial charge in [-0.1, -0.05) is 25.1 Å². The van der Waals surface area contributed by atoms with Crippen molar-refractivity contribution in [2.45, 2.75) is 45.3 Å². The average Bonchev–Trinajstić information content (AvgIpc) is 2.46. The van der Waals surface area contributed by atoms with Crippen molar-refractivity contribution in [2.75, 3.05) is 0 Å². The molecule has 120 valence electrons. The molecule has 1 aliphatic heterocycles. The molecule has 0 N–H and O–H groups in total. The molecule has 0 atom stereocenters. The molecule has 5 heteroatoms. The Morgan fingerprint density at radius 2 is 1.70 bits per heavy atom. The molecule has 0 unspecified atom stereocenters. The Morgan fingerprint density at radius 3 is 2.30 bits per heavy atom. The van der Waals surface area contributed by atoms with Crippen molar-refractivity contribution in [3.63, 3.8) is 0 Å².